The van der Waals surface area contributed by atoms with Gasteiger partial charge in [-0.2, -0.15) is 0 Å². The van der Waals surface area contributed by atoms with Crippen molar-refractivity contribution in [3.8, 4) is 5.75 Å². The average Bonchev–Trinajstić information content (AvgIpc) is 3.07. The number of fused-ring (bicyclic) bond motifs is 1. The first-order chi connectivity index (χ1) is 22.3. The van der Waals surface area contributed by atoms with E-state index in [1.54, 1.807) is 34.0 Å². The Morgan fingerprint density at radius 1 is 1.00 bits per heavy atom. The summed E-state index contributed by atoms with van der Waals surface area (Å²) in [4.78, 5) is 45.4. The number of urea groups is 1. The fourth-order valence-electron chi connectivity index (χ4n) is 6.07. The standard InChI is InChI=1S/C37H41N5O4/c1-5-6-9-14-27(2)32(29-15-10-7-11-16-29)24-40-25-33-41(35(36(40)44)30-17-12-8-13-18-30)34(43)26-39(3)42(33)37(45)38-23-28-19-21-31(46-4)22-20-28/h5-22,32-33,35H,2,23-26H2,1,3-4H3,(H,38,45)/b6-5-,14-9-/t32?,33-,35-/m0/s1. The van der Waals surface area contributed by atoms with E-state index in [1.807, 2.05) is 116 Å². The molecule has 2 aliphatic heterocycles. The summed E-state index contributed by atoms with van der Waals surface area (Å²) >= 11 is 0. The second kappa shape index (κ2) is 14.8. The van der Waals surface area contributed by atoms with Crippen molar-refractivity contribution < 1.29 is 19.1 Å². The number of nitrogens with zero attached hydrogens (tertiary/aromatic N) is 4. The summed E-state index contributed by atoms with van der Waals surface area (Å²) in [7, 11) is 3.33. The van der Waals surface area contributed by atoms with Crippen molar-refractivity contribution in [2.45, 2.75) is 31.6 Å². The van der Waals surface area contributed by atoms with Gasteiger partial charge in [-0.15, -0.1) is 0 Å². The molecule has 2 saturated heterocycles. The number of methoxy groups -OCH3 is 1. The molecule has 3 aromatic rings. The van der Waals surface area contributed by atoms with E-state index in [2.05, 4.69) is 11.9 Å². The van der Waals surface area contributed by atoms with Gasteiger partial charge in [0.2, 0.25) is 11.8 Å². The predicted octanol–water partition coefficient (Wildman–Crippen LogP) is 5.28. The summed E-state index contributed by atoms with van der Waals surface area (Å²) in [6.07, 6.45) is 7.06. The highest BCUT2D eigenvalue weighted by molar-refractivity contribution is 5.92. The van der Waals surface area contributed by atoms with Crippen LogP contribution in [0.1, 0.15) is 35.6 Å². The van der Waals surface area contributed by atoms with Crippen molar-refractivity contribution in [2.75, 3.05) is 33.8 Å². The minimum Gasteiger partial charge on any atom is -0.497 e. The molecular weight excluding hydrogens is 578 g/mol. The number of hydrogen-bond acceptors (Lipinski definition) is 5. The first kappa shape index (κ1) is 32.2. The lowest BCUT2D eigenvalue weighted by Crippen LogP contribution is -2.74. The number of likely N-dealkylation sites (N-methyl/N-ethyl adjacent to an activating group) is 1. The zero-order valence-electron chi connectivity index (χ0n) is 26.6. The van der Waals surface area contributed by atoms with E-state index in [9.17, 15) is 14.4 Å². The van der Waals surface area contributed by atoms with Crippen molar-refractivity contribution in [1.82, 2.24) is 25.1 Å². The molecule has 1 unspecified atom stereocenters. The number of nitrogens with one attached hydrogen (secondary N) is 1. The zero-order chi connectivity index (χ0) is 32.6. The van der Waals surface area contributed by atoms with Gasteiger partial charge in [-0.25, -0.2) is 14.8 Å². The van der Waals surface area contributed by atoms with E-state index in [4.69, 9.17) is 4.74 Å². The number of allylic oxidation sites excluding steroid dienone is 4. The van der Waals surface area contributed by atoms with Gasteiger partial charge in [-0.05, 0) is 41.3 Å². The molecule has 9 heteroatoms. The second-order valence-corrected chi connectivity index (χ2v) is 11.4. The van der Waals surface area contributed by atoms with Gasteiger partial charge in [0.1, 0.15) is 18.0 Å². The van der Waals surface area contributed by atoms with Gasteiger partial charge in [0.15, 0.2) is 0 Å². The van der Waals surface area contributed by atoms with E-state index >= 15 is 0 Å². The summed E-state index contributed by atoms with van der Waals surface area (Å²) in [5.74, 6) is 0.119. The van der Waals surface area contributed by atoms with Gasteiger partial charge in [0, 0.05) is 26.1 Å². The molecule has 4 amide bonds. The van der Waals surface area contributed by atoms with E-state index in [0.29, 0.717) is 12.1 Å². The quantitative estimate of drug-likeness (QED) is 0.313. The number of ether oxygens (including phenoxy) is 1. The minimum absolute atomic E-state index is 0.0394. The Morgan fingerprint density at radius 3 is 2.33 bits per heavy atom. The summed E-state index contributed by atoms with van der Waals surface area (Å²) in [6, 6.07) is 25.5. The number of amides is 4. The molecule has 46 heavy (non-hydrogen) atoms. The maximum absolute atomic E-state index is 14.4. The highest BCUT2D eigenvalue weighted by Crippen LogP contribution is 2.36. The zero-order valence-corrected chi connectivity index (χ0v) is 26.6. The Kier molecular flexibility index (Phi) is 10.3. The third-order valence-electron chi connectivity index (χ3n) is 8.42. The summed E-state index contributed by atoms with van der Waals surface area (Å²) in [5.41, 5.74) is 3.47. The van der Waals surface area contributed by atoms with Crippen LogP contribution in [0.25, 0.3) is 0 Å². The number of piperazine rings is 1. The molecular formula is C37H41N5O4. The van der Waals surface area contributed by atoms with Crippen LogP contribution in [0.5, 0.6) is 5.75 Å². The summed E-state index contributed by atoms with van der Waals surface area (Å²) < 4.78 is 5.25. The average molecular weight is 620 g/mol. The predicted molar refractivity (Wildman–Crippen MR) is 178 cm³/mol. The van der Waals surface area contributed by atoms with Crippen LogP contribution in [0, 0.1) is 0 Å². The van der Waals surface area contributed by atoms with Crippen molar-refractivity contribution in [1.29, 1.82) is 0 Å². The van der Waals surface area contributed by atoms with Crippen LogP contribution < -0.4 is 10.1 Å². The van der Waals surface area contributed by atoms with E-state index in [-0.39, 0.29) is 43.4 Å². The van der Waals surface area contributed by atoms with Crippen molar-refractivity contribution in [2.24, 2.45) is 0 Å². The molecule has 0 aliphatic carbocycles. The molecule has 3 aromatic carbocycles. The first-order valence-corrected chi connectivity index (χ1v) is 15.4. The summed E-state index contributed by atoms with van der Waals surface area (Å²) in [5, 5.41) is 6.22. The fraction of sp³-hybridized carbons (Fsp3) is 0.270. The lowest BCUT2D eigenvalue weighted by molar-refractivity contribution is -0.187. The number of hydrazine groups is 1. The van der Waals surface area contributed by atoms with E-state index < -0.39 is 12.2 Å². The second-order valence-electron chi connectivity index (χ2n) is 11.4. The molecule has 3 atom stereocenters. The SMILES string of the molecule is C=C(/C=C\C=C/C)C(CN1C[C@H]2N(C(=O)CN(C)N2C(=O)NCc2ccc(OC)cc2)[C@@H](c2ccccc2)C1=O)c1ccccc1. The van der Waals surface area contributed by atoms with Crippen LogP contribution in [0.3, 0.4) is 0 Å². The number of rotatable bonds is 10. The fourth-order valence-corrected chi connectivity index (χ4v) is 6.07. The lowest BCUT2D eigenvalue weighted by Gasteiger charge is -2.54. The molecule has 2 fully saturated rings. The van der Waals surface area contributed by atoms with E-state index in [1.165, 1.54) is 0 Å². The van der Waals surface area contributed by atoms with Crippen LogP contribution in [0.4, 0.5) is 4.79 Å². The van der Waals surface area contributed by atoms with Gasteiger partial charge in [-0.3, -0.25) is 9.59 Å². The molecule has 2 heterocycles. The Balaban J connectivity index is 1.49. The monoisotopic (exact) mass is 619 g/mol. The van der Waals surface area contributed by atoms with Crippen LogP contribution in [-0.4, -0.2) is 77.6 Å². The molecule has 9 nitrogen and oxygen atoms in total. The molecule has 1 N–H and O–H groups in total. The molecule has 0 bridgehead atoms. The molecule has 0 saturated carbocycles. The molecule has 2 aliphatic rings. The van der Waals surface area contributed by atoms with Crippen molar-refractivity contribution >= 4 is 17.8 Å². The Bertz CT molecular complexity index is 1590. The van der Waals surface area contributed by atoms with Crippen LogP contribution in [0.2, 0.25) is 0 Å². The number of benzene rings is 3. The van der Waals surface area contributed by atoms with Crippen molar-refractivity contribution in [3.63, 3.8) is 0 Å². The van der Waals surface area contributed by atoms with E-state index in [0.717, 1.165) is 22.4 Å². The third-order valence-corrected chi connectivity index (χ3v) is 8.42. The highest BCUT2D eigenvalue weighted by Gasteiger charge is 2.51. The third kappa shape index (κ3) is 7.05. The highest BCUT2D eigenvalue weighted by atomic mass is 16.5. The van der Waals surface area contributed by atoms with Gasteiger partial charge in [-0.1, -0.05) is 104 Å². The largest absolute Gasteiger partial charge is 0.497 e. The number of carbonyl (C=O) groups is 3. The lowest BCUT2D eigenvalue weighted by atomic mass is 9.89. The maximum atomic E-state index is 14.4. The Hall–Kier alpha value is -5.15. The van der Waals surface area contributed by atoms with Gasteiger partial charge >= 0.3 is 6.03 Å². The molecule has 238 valence electrons. The smallest absolute Gasteiger partial charge is 0.334 e. The topological polar surface area (TPSA) is 85.4 Å². The molecule has 0 radical (unpaired) electrons. The van der Waals surface area contributed by atoms with Gasteiger partial charge in [0.25, 0.3) is 0 Å². The summed E-state index contributed by atoms with van der Waals surface area (Å²) in [6.45, 7) is 7.04. The minimum atomic E-state index is -0.888. The van der Waals surface area contributed by atoms with Crippen LogP contribution in [0.15, 0.2) is 121 Å². The normalized spacial score (nSPS) is 19.4. The van der Waals surface area contributed by atoms with Gasteiger partial charge in [0.05, 0.1) is 20.2 Å². The van der Waals surface area contributed by atoms with Gasteiger partial charge < -0.3 is 19.9 Å². The molecule has 0 spiro atoms. The molecule has 0 aromatic heterocycles. The Morgan fingerprint density at radius 2 is 1.67 bits per heavy atom. The number of hydrogen-bond donors (Lipinski definition) is 1. The van der Waals surface area contributed by atoms with Crippen LogP contribution in [-0.2, 0) is 16.1 Å². The first-order valence-electron chi connectivity index (χ1n) is 15.4. The van der Waals surface area contributed by atoms with Crippen molar-refractivity contribution in [3.05, 3.63) is 138 Å². The molecule has 5 rings (SSSR count). The number of carbonyl (C=O) groups excluding carboxylic acids is 3. The Labute approximate surface area is 271 Å². The maximum Gasteiger partial charge on any atom is 0.334 e. The van der Waals surface area contributed by atoms with Crippen LogP contribution >= 0.6 is 0 Å².